The Balaban J connectivity index is 2.90. The molecule has 4 heteroatoms. The van der Waals surface area contributed by atoms with E-state index in [2.05, 4.69) is 27.2 Å². The molecule has 0 heterocycles. The number of anilines is 1. The molecule has 0 spiro atoms. The second-order valence-corrected chi connectivity index (χ2v) is 5.01. The molecule has 1 amide bonds. The highest BCUT2D eigenvalue weighted by molar-refractivity contribution is 9.10. The number of amides is 1. The van der Waals surface area contributed by atoms with Crippen LogP contribution in [0.3, 0.4) is 0 Å². The Labute approximate surface area is 110 Å². The highest BCUT2D eigenvalue weighted by Crippen LogP contribution is 2.18. The number of carbonyl (C=O) groups excluding carboxylic acids is 1. The first kappa shape index (κ1) is 13.6. The highest BCUT2D eigenvalue weighted by atomic mass is 79.9. The summed E-state index contributed by atoms with van der Waals surface area (Å²) in [5.41, 5.74) is 6.62. The van der Waals surface area contributed by atoms with E-state index in [-0.39, 0.29) is 17.9 Å². The first-order valence-corrected chi connectivity index (χ1v) is 6.07. The topological polar surface area (TPSA) is 55.1 Å². The Hall–Kier alpha value is -1.47. The van der Waals surface area contributed by atoms with Crippen molar-refractivity contribution >= 4 is 27.5 Å². The summed E-state index contributed by atoms with van der Waals surface area (Å²) in [5, 5.41) is 2.77. The number of nitrogen functional groups attached to an aromatic ring is 1. The minimum atomic E-state index is -0.291. The van der Waals surface area contributed by atoms with E-state index in [1.54, 1.807) is 18.2 Å². The third-order valence-electron chi connectivity index (χ3n) is 2.39. The summed E-state index contributed by atoms with van der Waals surface area (Å²) in [7, 11) is 0. The van der Waals surface area contributed by atoms with Crippen molar-refractivity contribution in [3.8, 4) is 12.3 Å². The summed E-state index contributed by atoms with van der Waals surface area (Å²) in [6, 6.07) is 4.85. The summed E-state index contributed by atoms with van der Waals surface area (Å²) >= 11 is 3.30. The molecule has 0 fully saturated rings. The van der Waals surface area contributed by atoms with Gasteiger partial charge in [0.15, 0.2) is 0 Å². The van der Waals surface area contributed by atoms with Crippen LogP contribution in [0.5, 0.6) is 0 Å². The van der Waals surface area contributed by atoms with Crippen molar-refractivity contribution in [2.45, 2.75) is 19.9 Å². The summed E-state index contributed by atoms with van der Waals surface area (Å²) in [6.45, 7) is 3.91. The van der Waals surface area contributed by atoms with Crippen LogP contribution in [0.1, 0.15) is 24.2 Å². The minimum absolute atomic E-state index is 0.178. The molecule has 0 saturated carbocycles. The van der Waals surface area contributed by atoms with Gasteiger partial charge >= 0.3 is 0 Å². The molecule has 17 heavy (non-hydrogen) atoms. The molecule has 1 aromatic carbocycles. The summed E-state index contributed by atoms with van der Waals surface area (Å²) in [4.78, 5) is 12.0. The van der Waals surface area contributed by atoms with Gasteiger partial charge in [-0.1, -0.05) is 35.7 Å². The van der Waals surface area contributed by atoms with Crippen molar-refractivity contribution in [1.29, 1.82) is 0 Å². The van der Waals surface area contributed by atoms with E-state index in [1.807, 2.05) is 13.8 Å². The standard InChI is InChI=1S/C13H15BrN2O/c1-4-12(8(2)3)16-13(17)10-7-9(14)5-6-11(10)15/h1,5-8,12H,15H2,2-3H3,(H,16,17). The highest BCUT2D eigenvalue weighted by Gasteiger charge is 2.16. The quantitative estimate of drug-likeness (QED) is 0.664. The van der Waals surface area contributed by atoms with Gasteiger partial charge in [-0.25, -0.2) is 0 Å². The number of hydrogen-bond acceptors (Lipinski definition) is 2. The van der Waals surface area contributed by atoms with Crippen LogP contribution in [-0.4, -0.2) is 11.9 Å². The Morgan fingerprint density at radius 2 is 2.18 bits per heavy atom. The summed E-state index contributed by atoms with van der Waals surface area (Å²) < 4.78 is 0.804. The van der Waals surface area contributed by atoms with Crippen molar-refractivity contribution in [2.75, 3.05) is 5.73 Å². The predicted octanol–water partition coefficient (Wildman–Crippen LogP) is 2.42. The lowest BCUT2D eigenvalue weighted by molar-refractivity contribution is 0.0939. The molecule has 0 radical (unpaired) electrons. The van der Waals surface area contributed by atoms with Gasteiger partial charge in [-0.2, -0.15) is 0 Å². The molecule has 0 saturated heterocycles. The van der Waals surface area contributed by atoms with Gasteiger partial charge in [-0.3, -0.25) is 4.79 Å². The van der Waals surface area contributed by atoms with Crippen molar-refractivity contribution in [2.24, 2.45) is 5.92 Å². The normalized spacial score (nSPS) is 11.9. The van der Waals surface area contributed by atoms with Crippen molar-refractivity contribution in [1.82, 2.24) is 5.32 Å². The average Bonchev–Trinajstić information content (AvgIpc) is 2.28. The third-order valence-corrected chi connectivity index (χ3v) is 2.89. The van der Waals surface area contributed by atoms with E-state index >= 15 is 0 Å². The molecule has 0 aliphatic rings. The lowest BCUT2D eigenvalue weighted by Gasteiger charge is -2.17. The Kier molecular flexibility index (Phi) is 4.59. The number of carbonyl (C=O) groups is 1. The minimum Gasteiger partial charge on any atom is -0.398 e. The molecule has 1 aromatic rings. The van der Waals surface area contributed by atoms with E-state index < -0.39 is 0 Å². The molecule has 0 aliphatic heterocycles. The first-order valence-electron chi connectivity index (χ1n) is 5.27. The van der Waals surface area contributed by atoms with Crippen LogP contribution >= 0.6 is 15.9 Å². The van der Waals surface area contributed by atoms with Crippen LogP contribution in [0.2, 0.25) is 0 Å². The number of halogens is 1. The molecule has 3 N–H and O–H groups in total. The first-order chi connectivity index (χ1) is 7.95. The fourth-order valence-electron chi connectivity index (χ4n) is 1.34. The third kappa shape index (κ3) is 3.50. The van der Waals surface area contributed by atoms with Gasteiger partial charge in [0.25, 0.3) is 5.91 Å². The maximum atomic E-state index is 12.0. The zero-order chi connectivity index (χ0) is 13.0. The molecule has 90 valence electrons. The molecule has 3 nitrogen and oxygen atoms in total. The second kappa shape index (κ2) is 5.74. The number of hydrogen-bond donors (Lipinski definition) is 2. The van der Waals surface area contributed by atoms with E-state index in [0.29, 0.717) is 11.3 Å². The van der Waals surface area contributed by atoms with Gasteiger partial charge in [0, 0.05) is 10.2 Å². The number of nitrogens with one attached hydrogen (secondary N) is 1. The maximum Gasteiger partial charge on any atom is 0.254 e. The van der Waals surface area contributed by atoms with Crippen molar-refractivity contribution in [3.63, 3.8) is 0 Å². The Morgan fingerprint density at radius 3 is 2.71 bits per heavy atom. The fraction of sp³-hybridized carbons (Fsp3) is 0.308. The predicted molar refractivity (Wildman–Crippen MR) is 73.5 cm³/mol. The van der Waals surface area contributed by atoms with Crippen LogP contribution in [0, 0.1) is 18.3 Å². The monoisotopic (exact) mass is 294 g/mol. The molecule has 1 rings (SSSR count). The van der Waals surface area contributed by atoms with Crippen molar-refractivity contribution in [3.05, 3.63) is 28.2 Å². The molecular formula is C13H15BrN2O. The van der Waals surface area contributed by atoms with Gasteiger partial charge < -0.3 is 11.1 Å². The van der Waals surface area contributed by atoms with E-state index in [1.165, 1.54) is 0 Å². The lowest BCUT2D eigenvalue weighted by atomic mass is 10.0. The number of benzene rings is 1. The molecule has 1 atom stereocenters. The van der Waals surface area contributed by atoms with E-state index in [0.717, 1.165) is 4.47 Å². The molecule has 1 unspecified atom stereocenters. The molecule has 0 aliphatic carbocycles. The van der Waals surface area contributed by atoms with Gasteiger partial charge in [0.2, 0.25) is 0 Å². The van der Waals surface area contributed by atoms with Crippen molar-refractivity contribution < 1.29 is 4.79 Å². The summed E-state index contributed by atoms with van der Waals surface area (Å²) in [5.74, 6) is 2.48. The zero-order valence-electron chi connectivity index (χ0n) is 9.83. The maximum absolute atomic E-state index is 12.0. The number of rotatable bonds is 3. The molecular weight excluding hydrogens is 280 g/mol. The fourth-order valence-corrected chi connectivity index (χ4v) is 1.71. The SMILES string of the molecule is C#CC(NC(=O)c1cc(Br)ccc1N)C(C)C. The average molecular weight is 295 g/mol. The van der Waals surface area contributed by atoms with Crippen LogP contribution in [0.4, 0.5) is 5.69 Å². The van der Waals surface area contributed by atoms with Gasteiger partial charge in [-0.05, 0) is 24.1 Å². The van der Waals surface area contributed by atoms with Crippen LogP contribution < -0.4 is 11.1 Å². The van der Waals surface area contributed by atoms with Crippen LogP contribution in [0.25, 0.3) is 0 Å². The summed E-state index contributed by atoms with van der Waals surface area (Å²) in [6.07, 6.45) is 5.36. The second-order valence-electron chi connectivity index (χ2n) is 4.09. The Bertz CT molecular complexity index is 463. The van der Waals surface area contributed by atoms with Gasteiger partial charge in [0.05, 0.1) is 11.6 Å². The van der Waals surface area contributed by atoms with E-state index in [9.17, 15) is 4.79 Å². The lowest BCUT2D eigenvalue weighted by Crippen LogP contribution is -2.37. The smallest absolute Gasteiger partial charge is 0.254 e. The molecule has 0 bridgehead atoms. The van der Waals surface area contributed by atoms with Gasteiger partial charge in [0.1, 0.15) is 0 Å². The number of nitrogens with two attached hydrogens (primary N) is 1. The zero-order valence-corrected chi connectivity index (χ0v) is 11.4. The van der Waals surface area contributed by atoms with Crippen LogP contribution in [-0.2, 0) is 0 Å². The largest absolute Gasteiger partial charge is 0.398 e. The van der Waals surface area contributed by atoms with E-state index in [4.69, 9.17) is 12.2 Å². The number of terminal acetylenes is 1. The van der Waals surface area contributed by atoms with Gasteiger partial charge in [-0.15, -0.1) is 6.42 Å². The van der Waals surface area contributed by atoms with Crippen LogP contribution in [0.15, 0.2) is 22.7 Å². The molecule has 0 aromatic heterocycles. The Morgan fingerprint density at radius 1 is 1.53 bits per heavy atom.